The molecule has 2 nitrogen and oxygen atoms in total. The van der Waals surface area contributed by atoms with Crippen molar-refractivity contribution in [2.24, 2.45) is 5.41 Å². The third-order valence-electron chi connectivity index (χ3n) is 2.99. The Labute approximate surface area is 91.6 Å². The van der Waals surface area contributed by atoms with Gasteiger partial charge in [-0.2, -0.15) is 0 Å². The van der Waals surface area contributed by atoms with Gasteiger partial charge < -0.3 is 9.84 Å². The predicted octanol–water partition coefficient (Wildman–Crippen LogP) is 2.57. The second kappa shape index (κ2) is 5.34. The van der Waals surface area contributed by atoms with Gasteiger partial charge in [0.25, 0.3) is 0 Å². The van der Waals surface area contributed by atoms with Crippen molar-refractivity contribution in [1.82, 2.24) is 0 Å². The topological polar surface area (TPSA) is 29.5 Å². The Morgan fingerprint density at radius 1 is 1.43 bits per heavy atom. The van der Waals surface area contributed by atoms with Gasteiger partial charge in [-0.25, -0.2) is 0 Å². The zero-order valence-corrected chi connectivity index (χ0v) is 9.89. The van der Waals surface area contributed by atoms with Crippen molar-refractivity contribution in [1.29, 1.82) is 0 Å². The summed E-state index contributed by atoms with van der Waals surface area (Å²) in [7, 11) is 0. The first kappa shape index (κ1) is 12.3. The van der Waals surface area contributed by atoms with Gasteiger partial charge >= 0.3 is 0 Å². The lowest BCUT2D eigenvalue weighted by molar-refractivity contribution is -0.0315. The first-order chi connectivity index (χ1) is 6.53. The molecule has 0 spiro atoms. The van der Waals surface area contributed by atoms with E-state index in [1.54, 1.807) is 0 Å². The highest BCUT2D eigenvalue weighted by Gasteiger charge is 2.27. The minimum Gasteiger partial charge on any atom is -0.389 e. The van der Waals surface area contributed by atoms with E-state index in [1.165, 1.54) is 12.8 Å². The summed E-state index contributed by atoms with van der Waals surface area (Å²) in [5.41, 5.74) is 0.477. The van der Waals surface area contributed by atoms with E-state index < -0.39 is 6.10 Å². The summed E-state index contributed by atoms with van der Waals surface area (Å²) in [5, 5.41) is 9.23. The van der Waals surface area contributed by atoms with E-state index in [0.29, 0.717) is 18.1 Å². The lowest BCUT2D eigenvalue weighted by Gasteiger charge is -2.34. The van der Waals surface area contributed by atoms with Crippen LogP contribution in [0.4, 0.5) is 0 Å². The molecule has 1 aliphatic carbocycles. The van der Waals surface area contributed by atoms with E-state index in [4.69, 9.17) is 16.3 Å². The van der Waals surface area contributed by atoms with Crippen LogP contribution in [0, 0.1) is 5.41 Å². The van der Waals surface area contributed by atoms with Crippen LogP contribution >= 0.6 is 11.6 Å². The van der Waals surface area contributed by atoms with Crippen LogP contribution in [-0.4, -0.2) is 29.8 Å². The average Bonchev–Trinajstić information content (AvgIpc) is 2.16. The highest BCUT2D eigenvalue weighted by atomic mass is 35.5. The third kappa shape index (κ3) is 4.16. The van der Waals surface area contributed by atoms with Crippen LogP contribution in [-0.2, 0) is 4.74 Å². The number of alkyl halides is 1. The van der Waals surface area contributed by atoms with Gasteiger partial charge in [0.05, 0.1) is 24.7 Å². The Morgan fingerprint density at radius 2 is 2.00 bits per heavy atom. The van der Waals surface area contributed by atoms with Crippen LogP contribution in [0.1, 0.15) is 39.5 Å². The Kier molecular flexibility index (Phi) is 4.68. The number of hydrogen-bond acceptors (Lipinski definition) is 2. The molecule has 0 aliphatic heterocycles. The molecule has 1 unspecified atom stereocenters. The molecule has 0 aromatic rings. The summed E-state index contributed by atoms with van der Waals surface area (Å²) in [6.45, 7) is 4.99. The van der Waals surface area contributed by atoms with Gasteiger partial charge in [0, 0.05) is 0 Å². The molecule has 1 aliphatic rings. The summed E-state index contributed by atoms with van der Waals surface area (Å²) in [5.74, 6) is 0.262. The molecular formula is C11H21ClO2. The lowest BCUT2D eigenvalue weighted by atomic mass is 9.76. The Morgan fingerprint density at radius 3 is 2.50 bits per heavy atom. The summed E-state index contributed by atoms with van der Waals surface area (Å²) in [6, 6.07) is 0. The molecule has 84 valence electrons. The summed E-state index contributed by atoms with van der Waals surface area (Å²) >= 11 is 5.48. The van der Waals surface area contributed by atoms with Crippen LogP contribution in [0.3, 0.4) is 0 Å². The smallest absolute Gasteiger partial charge is 0.0908 e. The Hall–Kier alpha value is 0.210. The van der Waals surface area contributed by atoms with E-state index in [-0.39, 0.29) is 5.88 Å². The fourth-order valence-electron chi connectivity index (χ4n) is 1.83. The van der Waals surface area contributed by atoms with E-state index in [1.807, 2.05) is 0 Å². The maximum absolute atomic E-state index is 9.23. The van der Waals surface area contributed by atoms with Crippen molar-refractivity contribution in [3.63, 3.8) is 0 Å². The molecule has 1 atom stereocenters. The number of aliphatic hydroxyl groups is 1. The van der Waals surface area contributed by atoms with Crippen LogP contribution < -0.4 is 0 Å². The molecule has 1 fully saturated rings. The summed E-state index contributed by atoms with van der Waals surface area (Å²) < 4.78 is 5.59. The molecule has 0 heterocycles. The number of aliphatic hydroxyl groups excluding tert-OH is 1. The summed E-state index contributed by atoms with van der Waals surface area (Å²) in [6.07, 6.45) is 4.49. The van der Waals surface area contributed by atoms with Crippen molar-refractivity contribution in [3.8, 4) is 0 Å². The standard InChI is InChI=1S/C11H21ClO2/c1-11(2)5-3-10(4-6-11)14-8-9(13)7-12/h9-10,13H,3-8H2,1-2H3. The van der Waals surface area contributed by atoms with Gasteiger partial charge in [-0.3, -0.25) is 0 Å². The second-order valence-electron chi connectivity index (χ2n) is 5.01. The first-order valence-electron chi connectivity index (χ1n) is 5.39. The lowest BCUT2D eigenvalue weighted by Crippen LogP contribution is -2.29. The molecule has 1 saturated carbocycles. The number of halogens is 1. The van der Waals surface area contributed by atoms with Crippen molar-refractivity contribution in [2.45, 2.75) is 51.7 Å². The minimum atomic E-state index is -0.508. The van der Waals surface area contributed by atoms with Crippen molar-refractivity contribution in [2.75, 3.05) is 12.5 Å². The van der Waals surface area contributed by atoms with Gasteiger partial charge in [0.15, 0.2) is 0 Å². The molecule has 1 rings (SSSR count). The van der Waals surface area contributed by atoms with E-state index in [9.17, 15) is 5.11 Å². The maximum Gasteiger partial charge on any atom is 0.0908 e. The van der Waals surface area contributed by atoms with E-state index in [0.717, 1.165) is 12.8 Å². The van der Waals surface area contributed by atoms with Gasteiger partial charge in [0.1, 0.15) is 0 Å². The molecule has 1 N–H and O–H groups in total. The quantitative estimate of drug-likeness (QED) is 0.738. The van der Waals surface area contributed by atoms with Crippen LogP contribution in [0.2, 0.25) is 0 Å². The maximum atomic E-state index is 9.23. The van der Waals surface area contributed by atoms with E-state index >= 15 is 0 Å². The zero-order valence-electron chi connectivity index (χ0n) is 9.13. The SMILES string of the molecule is CC1(C)CCC(OCC(O)CCl)CC1. The molecule has 0 saturated heterocycles. The van der Waals surface area contributed by atoms with Crippen LogP contribution in [0.5, 0.6) is 0 Å². The van der Waals surface area contributed by atoms with Gasteiger partial charge in [0.2, 0.25) is 0 Å². The minimum absolute atomic E-state index is 0.262. The molecule has 0 radical (unpaired) electrons. The van der Waals surface area contributed by atoms with Gasteiger partial charge in [-0.1, -0.05) is 13.8 Å². The Balaban J connectivity index is 2.16. The number of ether oxygens (including phenoxy) is 1. The molecule has 0 aromatic heterocycles. The molecular weight excluding hydrogens is 200 g/mol. The first-order valence-corrected chi connectivity index (χ1v) is 5.92. The second-order valence-corrected chi connectivity index (χ2v) is 5.31. The Bertz CT molecular complexity index is 161. The molecule has 3 heteroatoms. The monoisotopic (exact) mass is 220 g/mol. The highest BCUT2D eigenvalue weighted by Crippen LogP contribution is 2.36. The van der Waals surface area contributed by atoms with E-state index in [2.05, 4.69) is 13.8 Å². The molecule has 14 heavy (non-hydrogen) atoms. The van der Waals surface area contributed by atoms with Crippen molar-refractivity contribution in [3.05, 3.63) is 0 Å². The average molecular weight is 221 g/mol. The number of hydrogen-bond donors (Lipinski definition) is 1. The van der Waals surface area contributed by atoms with Crippen molar-refractivity contribution >= 4 is 11.6 Å². The molecule has 0 amide bonds. The fraction of sp³-hybridized carbons (Fsp3) is 1.00. The molecule has 0 bridgehead atoms. The van der Waals surface area contributed by atoms with Gasteiger partial charge in [-0.15, -0.1) is 11.6 Å². The van der Waals surface area contributed by atoms with Crippen LogP contribution in [0.25, 0.3) is 0 Å². The number of rotatable bonds is 4. The largest absolute Gasteiger partial charge is 0.389 e. The third-order valence-corrected chi connectivity index (χ3v) is 3.34. The summed E-state index contributed by atoms with van der Waals surface area (Å²) in [4.78, 5) is 0. The zero-order chi connectivity index (χ0) is 10.6. The van der Waals surface area contributed by atoms with Crippen LogP contribution in [0.15, 0.2) is 0 Å². The molecule has 0 aromatic carbocycles. The van der Waals surface area contributed by atoms with Crippen molar-refractivity contribution < 1.29 is 9.84 Å². The normalized spacial score (nSPS) is 24.9. The predicted molar refractivity (Wildman–Crippen MR) is 58.7 cm³/mol. The highest BCUT2D eigenvalue weighted by molar-refractivity contribution is 6.18. The van der Waals surface area contributed by atoms with Gasteiger partial charge in [-0.05, 0) is 31.1 Å². The fourth-order valence-corrected chi connectivity index (χ4v) is 1.92.